The van der Waals surface area contributed by atoms with Crippen LogP contribution in [0.5, 0.6) is 5.75 Å². The monoisotopic (exact) mass is 268 g/mol. The molecule has 0 saturated carbocycles. The molecular weight excluding hydrogens is 248 g/mol. The van der Waals surface area contributed by atoms with E-state index in [0.29, 0.717) is 24.5 Å². The number of Topliss-reactive ketones (excluding diaryl/α,β-unsaturated/α-hetero) is 1. The number of carbonyl (C=O) groups is 1. The van der Waals surface area contributed by atoms with E-state index in [1.54, 1.807) is 31.4 Å². The minimum absolute atomic E-state index is 0.0122. The number of carbonyl (C=O) groups excluding carboxylic acids is 1. The van der Waals surface area contributed by atoms with Crippen molar-refractivity contribution in [3.8, 4) is 5.75 Å². The lowest BCUT2D eigenvalue weighted by atomic mass is 10.1. The maximum atomic E-state index is 11.1. The van der Waals surface area contributed by atoms with Crippen molar-refractivity contribution in [3.63, 3.8) is 0 Å². The van der Waals surface area contributed by atoms with Gasteiger partial charge in [0.15, 0.2) is 5.78 Å². The Bertz CT molecular complexity index is 374. The average molecular weight is 268 g/mol. The van der Waals surface area contributed by atoms with Crippen molar-refractivity contribution in [2.45, 2.75) is 13.0 Å². The Balaban J connectivity index is 2.25. The summed E-state index contributed by atoms with van der Waals surface area (Å²) >= 11 is 0. The number of aliphatic hydroxyl groups excluding tert-OH is 1. The van der Waals surface area contributed by atoms with E-state index in [1.807, 2.05) is 0 Å². The first kappa shape index (κ1) is 15.6. The second kappa shape index (κ2) is 8.63. The molecule has 0 aliphatic rings. The van der Waals surface area contributed by atoms with E-state index in [9.17, 15) is 9.90 Å². The summed E-state index contributed by atoms with van der Waals surface area (Å²) in [6, 6.07) is 6.79. The molecule has 0 radical (unpaired) electrons. The Labute approximate surface area is 113 Å². The molecule has 0 spiro atoms. The number of benzene rings is 1. The minimum Gasteiger partial charge on any atom is -0.491 e. The van der Waals surface area contributed by atoms with Crippen LogP contribution in [0, 0.1) is 0 Å². The molecule has 0 heterocycles. The third-order valence-corrected chi connectivity index (χ3v) is 2.45. The highest BCUT2D eigenvalue weighted by Gasteiger charge is 2.06. The fourth-order valence-electron chi connectivity index (χ4n) is 1.39. The van der Waals surface area contributed by atoms with Gasteiger partial charge in [0.05, 0.1) is 19.8 Å². The first-order valence-electron chi connectivity index (χ1n) is 6.12. The number of ether oxygens (including phenoxy) is 3. The highest BCUT2D eigenvalue weighted by Crippen LogP contribution is 2.12. The fourth-order valence-corrected chi connectivity index (χ4v) is 1.39. The molecule has 0 aliphatic heterocycles. The molecule has 5 nitrogen and oxygen atoms in total. The summed E-state index contributed by atoms with van der Waals surface area (Å²) in [5.41, 5.74) is 0.635. The van der Waals surface area contributed by atoms with Crippen molar-refractivity contribution in [1.82, 2.24) is 0 Å². The van der Waals surface area contributed by atoms with Crippen LogP contribution in [0.3, 0.4) is 0 Å². The van der Waals surface area contributed by atoms with Gasteiger partial charge in [-0.1, -0.05) is 0 Å². The molecule has 0 amide bonds. The van der Waals surface area contributed by atoms with Gasteiger partial charge in [0.2, 0.25) is 0 Å². The molecule has 1 rings (SSSR count). The van der Waals surface area contributed by atoms with Gasteiger partial charge in [-0.2, -0.15) is 0 Å². The second-order valence-corrected chi connectivity index (χ2v) is 4.11. The zero-order valence-corrected chi connectivity index (χ0v) is 11.3. The van der Waals surface area contributed by atoms with E-state index < -0.39 is 6.10 Å². The maximum Gasteiger partial charge on any atom is 0.159 e. The molecule has 0 saturated heterocycles. The summed E-state index contributed by atoms with van der Waals surface area (Å²) in [5.74, 6) is 0.624. The molecule has 0 bridgehead atoms. The molecule has 1 aromatic rings. The molecule has 1 atom stereocenters. The van der Waals surface area contributed by atoms with E-state index in [4.69, 9.17) is 14.2 Å². The lowest BCUT2D eigenvalue weighted by Crippen LogP contribution is -2.24. The van der Waals surface area contributed by atoms with E-state index in [-0.39, 0.29) is 19.0 Å². The zero-order valence-electron chi connectivity index (χ0n) is 11.3. The van der Waals surface area contributed by atoms with Gasteiger partial charge in [-0.25, -0.2) is 0 Å². The third kappa shape index (κ3) is 6.33. The zero-order chi connectivity index (χ0) is 14.1. The van der Waals surface area contributed by atoms with Gasteiger partial charge < -0.3 is 19.3 Å². The van der Waals surface area contributed by atoms with Gasteiger partial charge in [-0.05, 0) is 31.2 Å². The standard InChI is InChI=1S/C14H20O5/c1-11(15)12-3-5-14(6-4-12)19-10-13(16)9-18-8-7-17-2/h3-6,13,16H,7-10H2,1-2H3. The molecule has 106 valence electrons. The summed E-state index contributed by atoms with van der Waals surface area (Å²) in [5, 5.41) is 9.61. The van der Waals surface area contributed by atoms with Crippen molar-refractivity contribution in [1.29, 1.82) is 0 Å². The van der Waals surface area contributed by atoms with Crippen molar-refractivity contribution < 1.29 is 24.1 Å². The predicted octanol–water partition coefficient (Wildman–Crippen LogP) is 1.29. The van der Waals surface area contributed by atoms with Crippen LogP contribution in [0.1, 0.15) is 17.3 Å². The SMILES string of the molecule is COCCOCC(O)COc1ccc(C(C)=O)cc1. The van der Waals surface area contributed by atoms with E-state index >= 15 is 0 Å². The van der Waals surface area contributed by atoms with Crippen LogP contribution in [0.4, 0.5) is 0 Å². The highest BCUT2D eigenvalue weighted by atomic mass is 16.5. The average Bonchev–Trinajstić information content (AvgIpc) is 2.42. The van der Waals surface area contributed by atoms with Gasteiger partial charge in [-0.3, -0.25) is 4.79 Å². The fraction of sp³-hybridized carbons (Fsp3) is 0.500. The summed E-state index contributed by atoms with van der Waals surface area (Å²) in [6.45, 7) is 2.80. The molecule has 19 heavy (non-hydrogen) atoms. The van der Waals surface area contributed by atoms with Crippen LogP contribution in [0.2, 0.25) is 0 Å². The summed E-state index contributed by atoms with van der Waals surface area (Å²) in [4.78, 5) is 11.1. The number of hydrogen-bond acceptors (Lipinski definition) is 5. The Morgan fingerprint density at radius 1 is 1.21 bits per heavy atom. The minimum atomic E-state index is -0.690. The van der Waals surface area contributed by atoms with E-state index in [1.165, 1.54) is 6.92 Å². The van der Waals surface area contributed by atoms with Crippen molar-refractivity contribution in [2.75, 3.05) is 33.5 Å². The van der Waals surface area contributed by atoms with Gasteiger partial charge in [0.25, 0.3) is 0 Å². The first-order valence-corrected chi connectivity index (χ1v) is 6.12. The molecule has 5 heteroatoms. The normalized spacial score (nSPS) is 12.2. The number of rotatable bonds is 9. The van der Waals surface area contributed by atoms with Crippen LogP contribution >= 0.6 is 0 Å². The predicted molar refractivity (Wildman–Crippen MR) is 70.6 cm³/mol. The number of hydrogen-bond donors (Lipinski definition) is 1. The van der Waals surface area contributed by atoms with Crippen LogP contribution in [-0.2, 0) is 9.47 Å². The molecule has 1 N–H and O–H groups in total. The maximum absolute atomic E-state index is 11.1. The van der Waals surface area contributed by atoms with Gasteiger partial charge in [0, 0.05) is 12.7 Å². The lowest BCUT2D eigenvalue weighted by molar-refractivity contribution is -0.00419. The van der Waals surface area contributed by atoms with Crippen LogP contribution < -0.4 is 4.74 Å². The second-order valence-electron chi connectivity index (χ2n) is 4.11. The van der Waals surface area contributed by atoms with Crippen molar-refractivity contribution in [3.05, 3.63) is 29.8 Å². The van der Waals surface area contributed by atoms with Gasteiger partial charge in [0.1, 0.15) is 18.5 Å². The highest BCUT2D eigenvalue weighted by molar-refractivity contribution is 5.94. The lowest BCUT2D eigenvalue weighted by Gasteiger charge is -2.12. The van der Waals surface area contributed by atoms with Gasteiger partial charge >= 0.3 is 0 Å². The van der Waals surface area contributed by atoms with E-state index in [2.05, 4.69) is 0 Å². The summed E-state index contributed by atoms with van der Waals surface area (Å²) < 4.78 is 15.4. The van der Waals surface area contributed by atoms with Gasteiger partial charge in [-0.15, -0.1) is 0 Å². The number of ketones is 1. The molecule has 1 aromatic carbocycles. The quantitative estimate of drug-likeness (QED) is 0.540. The topological polar surface area (TPSA) is 65.0 Å². The third-order valence-electron chi connectivity index (χ3n) is 2.45. The Morgan fingerprint density at radius 3 is 2.47 bits per heavy atom. The summed E-state index contributed by atoms with van der Waals surface area (Å²) in [6.07, 6.45) is -0.690. The summed E-state index contributed by atoms with van der Waals surface area (Å²) in [7, 11) is 1.59. The van der Waals surface area contributed by atoms with Crippen LogP contribution in [0.25, 0.3) is 0 Å². The number of methoxy groups -OCH3 is 1. The molecular formula is C14H20O5. The van der Waals surface area contributed by atoms with Crippen molar-refractivity contribution in [2.24, 2.45) is 0 Å². The molecule has 0 fully saturated rings. The Kier molecular flexibility index (Phi) is 7.10. The smallest absolute Gasteiger partial charge is 0.159 e. The van der Waals surface area contributed by atoms with E-state index in [0.717, 1.165) is 0 Å². The molecule has 0 aromatic heterocycles. The molecule has 0 aliphatic carbocycles. The molecule has 1 unspecified atom stereocenters. The Hall–Kier alpha value is -1.43. The van der Waals surface area contributed by atoms with Crippen molar-refractivity contribution >= 4 is 5.78 Å². The first-order chi connectivity index (χ1) is 9.13. The van der Waals surface area contributed by atoms with Crippen LogP contribution in [0.15, 0.2) is 24.3 Å². The largest absolute Gasteiger partial charge is 0.491 e. The number of aliphatic hydroxyl groups is 1. The van der Waals surface area contributed by atoms with Crippen LogP contribution in [-0.4, -0.2) is 50.5 Å². The Morgan fingerprint density at radius 2 is 1.89 bits per heavy atom.